The normalized spacial score (nSPS) is 12.2. The zero-order chi connectivity index (χ0) is 13.8. The Kier molecular flexibility index (Phi) is 4.39. The molecule has 0 aliphatic carbocycles. The van der Waals surface area contributed by atoms with Gasteiger partial charge in [-0.25, -0.2) is 4.79 Å². The predicted octanol–water partition coefficient (Wildman–Crippen LogP) is 3.07. The summed E-state index contributed by atoms with van der Waals surface area (Å²) >= 11 is 3.38. The zero-order valence-electron chi connectivity index (χ0n) is 10.4. The van der Waals surface area contributed by atoms with Crippen molar-refractivity contribution < 1.29 is 13.9 Å². The summed E-state index contributed by atoms with van der Waals surface area (Å²) in [5.41, 5.74) is 7.17. The fraction of sp³-hybridized carbons (Fsp3) is 0.214. The number of furan rings is 1. The van der Waals surface area contributed by atoms with Crippen molar-refractivity contribution in [3.63, 3.8) is 0 Å². The molecule has 1 aromatic heterocycles. The third-order valence-electron chi connectivity index (χ3n) is 2.75. The molecule has 100 valence electrons. The first-order chi connectivity index (χ1) is 9.10. The fourth-order valence-electron chi connectivity index (χ4n) is 1.74. The standard InChI is InChI=1S/C14H14BrNO3/c1-18-14(17)13-7-6-12(19-13)11(16)8-9-2-4-10(15)5-3-9/h2-7,11H,8,16H2,1H3. The topological polar surface area (TPSA) is 65.5 Å². The van der Waals surface area contributed by atoms with Gasteiger partial charge in [0.05, 0.1) is 13.2 Å². The lowest BCUT2D eigenvalue weighted by Gasteiger charge is -2.08. The second kappa shape index (κ2) is 6.04. The summed E-state index contributed by atoms with van der Waals surface area (Å²) in [6.07, 6.45) is 0.640. The Morgan fingerprint density at radius 1 is 1.32 bits per heavy atom. The minimum Gasteiger partial charge on any atom is -0.463 e. The van der Waals surface area contributed by atoms with Gasteiger partial charge in [-0.2, -0.15) is 0 Å². The molecule has 0 saturated carbocycles. The van der Waals surface area contributed by atoms with E-state index in [1.807, 2.05) is 24.3 Å². The molecule has 1 heterocycles. The smallest absolute Gasteiger partial charge is 0.373 e. The van der Waals surface area contributed by atoms with Gasteiger partial charge in [0.2, 0.25) is 5.76 Å². The second-order valence-corrected chi connectivity index (χ2v) is 5.05. The predicted molar refractivity (Wildman–Crippen MR) is 74.8 cm³/mol. The molecule has 0 aliphatic heterocycles. The molecule has 0 bridgehead atoms. The van der Waals surface area contributed by atoms with Crippen LogP contribution in [0, 0.1) is 0 Å². The number of carbonyl (C=O) groups excluding carboxylic acids is 1. The molecule has 1 atom stereocenters. The largest absolute Gasteiger partial charge is 0.463 e. The molecule has 0 amide bonds. The number of nitrogens with two attached hydrogens (primary N) is 1. The lowest BCUT2D eigenvalue weighted by atomic mass is 10.1. The second-order valence-electron chi connectivity index (χ2n) is 4.13. The molecule has 19 heavy (non-hydrogen) atoms. The lowest BCUT2D eigenvalue weighted by Crippen LogP contribution is -2.12. The van der Waals surface area contributed by atoms with E-state index < -0.39 is 5.97 Å². The van der Waals surface area contributed by atoms with Gasteiger partial charge in [0, 0.05) is 4.47 Å². The minimum absolute atomic E-state index is 0.170. The summed E-state index contributed by atoms with van der Waals surface area (Å²) in [5, 5.41) is 0. The maximum absolute atomic E-state index is 11.3. The van der Waals surface area contributed by atoms with E-state index in [2.05, 4.69) is 20.7 Å². The number of ether oxygens (including phenoxy) is 1. The van der Waals surface area contributed by atoms with Crippen LogP contribution in [0.2, 0.25) is 0 Å². The zero-order valence-corrected chi connectivity index (χ0v) is 12.0. The Bertz CT molecular complexity index is 562. The van der Waals surface area contributed by atoms with E-state index in [-0.39, 0.29) is 11.8 Å². The van der Waals surface area contributed by atoms with Crippen LogP contribution in [0.15, 0.2) is 45.3 Å². The maximum atomic E-state index is 11.3. The van der Waals surface area contributed by atoms with Gasteiger partial charge in [0.1, 0.15) is 5.76 Å². The Hall–Kier alpha value is -1.59. The van der Waals surface area contributed by atoms with Crippen LogP contribution in [0.4, 0.5) is 0 Å². The van der Waals surface area contributed by atoms with Gasteiger partial charge >= 0.3 is 5.97 Å². The highest BCUT2D eigenvalue weighted by Gasteiger charge is 2.16. The maximum Gasteiger partial charge on any atom is 0.373 e. The van der Waals surface area contributed by atoms with Crippen LogP contribution in [-0.2, 0) is 11.2 Å². The average Bonchev–Trinajstić information content (AvgIpc) is 2.90. The highest BCUT2D eigenvalue weighted by atomic mass is 79.9. The summed E-state index contributed by atoms with van der Waals surface area (Å²) < 4.78 is 11.0. The van der Waals surface area contributed by atoms with E-state index in [1.54, 1.807) is 12.1 Å². The van der Waals surface area contributed by atoms with Crippen molar-refractivity contribution in [2.45, 2.75) is 12.5 Å². The summed E-state index contributed by atoms with van der Waals surface area (Å²) in [5.74, 6) is 0.245. The molecular weight excluding hydrogens is 310 g/mol. The monoisotopic (exact) mass is 323 g/mol. The van der Waals surface area contributed by atoms with E-state index in [1.165, 1.54) is 7.11 Å². The van der Waals surface area contributed by atoms with Crippen molar-refractivity contribution in [3.8, 4) is 0 Å². The molecule has 5 heteroatoms. The third-order valence-corrected chi connectivity index (χ3v) is 3.28. The van der Waals surface area contributed by atoms with Gasteiger partial charge in [-0.15, -0.1) is 0 Å². The van der Waals surface area contributed by atoms with Crippen LogP contribution >= 0.6 is 15.9 Å². The van der Waals surface area contributed by atoms with Gasteiger partial charge in [-0.1, -0.05) is 28.1 Å². The van der Waals surface area contributed by atoms with Crippen LogP contribution in [0.5, 0.6) is 0 Å². The summed E-state index contributed by atoms with van der Waals surface area (Å²) in [6.45, 7) is 0. The van der Waals surface area contributed by atoms with E-state index in [0.717, 1.165) is 10.0 Å². The van der Waals surface area contributed by atoms with Gasteiger partial charge in [-0.3, -0.25) is 0 Å². The number of methoxy groups -OCH3 is 1. The highest BCUT2D eigenvalue weighted by molar-refractivity contribution is 9.10. The molecular formula is C14H14BrNO3. The molecule has 1 aromatic carbocycles. The summed E-state index contributed by atoms with van der Waals surface area (Å²) in [6, 6.07) is 10.9. The number of hydrogen-bond acceptors (Lipinski definition) is 4. The molecule has 4 nitrogen and oxygen atoms in total. The summed E-state index contributed by atoms with van der Waals surface area (Å²) in [7, 11) is 1.31. The molecule has 0 saturated heterocycles. The van der Waals surface area contributed by atoms with Gasteiger partial charge in [-0.05, 0) is 36.2 Å². The molecule has 1 unspecified atom stereocenters. The Balaban J connectivity index is 2.07. The van der Waals surface area contributed by atoms with Crippen LogP contribution in [0.1, 0.15) is 27.9 Å². The number of halogens is 1. The van der Waals surface area contributed by atoms with E-state index >= 15 is 0 Å². The van der Waals surface area contributed by atoms with Crippen molar-refractivity contribution in [1.29, 1.82) is 0 Å². The first-order valence-corrected chi connectivity index (χ1v) is 6.57. The lowest BCUT2D eigenvalue weighted by molar-refractivity contribution is 0.0562. The van der Waals surface area contributed by atoms with Gasteiger partial charge < -0.3 is 14.9 Å². The highest BCUT2D eigenvalue weighted by Crippen LogP contribution is 2.20. The van der Waals surface area contributed by atoms with Crippen molar-refractivity contribution in [1.82, 2.24) is 0 Å². The molecule has 0 spiro atoms. The first kappa shape index (κ1) is 13.8. The Morgan fingerprint density at radius 3 is 2.63 bits per heavy atom. The molecule has 2 aromatic rings. The number of rotatable bonds is 4. The van der Waals surface area contributed by atoms with Crippen LogP contribution in [0.3, 0.4) is 0 Å². The third kappa shape index (κ3) is 3.45. The number of hydrogen-bond donors (Lipinski definition) is 1. The molecule has 0 fully saturated rings. The van der Waals surface area contributed by atoms with Crippen LogP contribution < -0.4 is 5.73 Å². The number of esters is 1. The molecule has 2 N–H and O–H groups in total. The van der Waals surface area contributed by atoms with E-state index in [4.69, 9.17) is 10.2 Å². The Morgan fingerprint density at radius 2 is 2.00 bits per heavy atom. The van der Waals surface area contributed by atoms with Crippen molar-refractivity contribution >= 4 is 21.9 Å². The molecule has 0 aliphatic rings. The van der Waals surface area contributed by atoms with Crippen LogP contribution in [0.25, 0.3) is 0 Å². The molecule has 2 rings (SSSR count). The van der Waals surface area contributed by atoms with E-state index in [9.17, 15) is 4.79 Å². The van der Waals surface area contributed by atoms with Gasteiger partial charge in [0.25, 0.3) is 0 Å². The quantitative estimate of drug-likeness (QED) is 0.878. The van der Waals surface area contributed by atoms with Crippen molar-refractivity contribution in [2.24, 2.45) is 5.73 Å². The Labute approximate surface area is 119 Å². The van der Waals surface area contributed by atoms with Gasteiger partial charge in [0.15, 0.2) is 0 Å². The minimum atomic E-state index is -0.498. The van der Waals surface area contributed by atoms with Crippen molar-refractivity contribution in [3.05, 3.63) is 58.0 Å². The van der Waals surface area contributed by atoms with E-state index in [0.29, 0.717) is 12.2 Å². The number of carbonyl (C=O) groups is 1. The van der Waals surface area contributed by atoms with Crippen molar-refractivity contribution in [2.75, 3.05) is 7.11 Å². The fourth-order valence-corrected chi connectivity index (χ4v) is 2.00. The van der Waals surface area contributed by atoms with Crippen LogP contribution in [-0.4, -0.2) is 13.1 Å². The first-order valence-electron chi connectivity index (χ1n) is 5.78. The summed E-state index contributed by atoms with van der Waals surface area (Å²) in [4.78, 5) is 11.3. The number of benzene rings is 1. The molecule has 0 radical (unpaired) electrons. The SMILES string of the molecule is COC(=O)c1ccc(C(N)Cc2ccc(Br)cc2)o1. The average molecular weight is 324 g/mol.